The van der Waals surface area contributed by atoms with Gasteiger partial charge in [-0.25, -0.2) is 0 Å². The molecule has 88 valence electrons. The molecule has 0 radical (unpaired) electrons. The fourth-order valence-electron chi connectivity index (χ4n) is 1.86. The number of hydrogen-bond donors (Lipinski definition) is 3. The molecule has 0 amide bonds. The summed E-state index contributed by atoms with van der Waals surface area (Å²) in [5.74, 6) is -1.00. The van der Waals surface area contributed by atoms with Gasteiger partial charge < -0.3 is 16.6 Å². The van der Waals surface area contributed by atoms with Gasteiger partial charge in [-0.1, -0.05) is 30.3 Å². The number of carboxylic acids is 1. The zero-order chi connectivity index (χ0) is 12.4. The minimum Gasteiger partial charge on any atom is -0.480 e. The molecule has 0 aliphatic heterocycles. The van der Waals surface area contributed by atoms with Crippen molar-refractivity contribution in [2.75, 3.05) is 5.73 Å². The van der Waals surface area contributed by atoms with Crippen LogP contribution in [-0.4, -0.2) is 17.1 Å². The van der Waals surface area contributed by atoms with Crippen molar-refractivity contribution in [2.24, 2.45) is 5.73 Å². The Balaban J connectivity index is 2.40. The third-order valence-electron chi connectivity index (χ3n) is 2.73. The molecule has 0 heterocycles. The van der Waals surface area contributed by atoms with Crippen LogP contribution in [0.25, 0.3) is 10.8 Å². The van der Waals surface area contributed by atoms with E-state index in [9.17, 15) is 4.79 Å². The highest BCUT2D eigenvalue weighted by molar-refractivity contribution is 5.93. The first-order valence-electron chi connectivity index (χ1n) is 5.33. The first kappa shape index (κ1) is 11.4. The lowest BCUT2D eigenvalue weighted by atomic mass is 10.0. The van der Waals surface area contributed by atoms with Gasteiger partial charge >= 0.3 is 5.97 Å². The summed E-state index contributed by atoms with van der Waals surface area (Å²) in [6.45, 7) is 0. The second-order valence-corrected chi connectivity index (χ2v) is 4.06. The largest absolute Gasteiger partial charge is 0.480 e. The van der Waals surface area contributed by atoms with Crippen LogP contribution in [0.1, 0.15) is 5.56 Å². The minimum atomic E-state index is -1.00. The van der Waals surface area contributed by atoms with Crippen LogP contribution in [0.5, 0.6) is 0 Å². The quantitative estimate of drug-likeness (QED) is 0.695. The van der Waals surface area contributed by atoms with Gasteiger partial charge in [-0.15, -0.1) is 0 Å². The number of aliphatic carboxylic acids is 1. The first-order chi connectivity index (χ1) is 8.08. The smallest absolute Gasteiger partial charge is 0.320 e. The molecular weight excluding hydrogens is 216 g/mol. The fourth-order valence-corrected chi connectivity index (χ4v) is 1.86. The number of carbonyl (C=O) groups is 1. The van der Waals surface area contributed by atoms with Crippen molar-refractivity contribution in [1.82, 2.24) is 0 Å². The molecule has 4 nitrogen and oxygen atoms in total. The molecule has 0 saturated carbocycles. The van der Waals surface area contributed by atoms with Gasteiger partial charge in [-0.3, -0.25) is 4.79 Å². The zero-order valence-electron chi connectivity index (χ0n) is 9.26. The van der Waals surface area contributed by atoms with E-state index < -0.39 is 12.0 Å². The lowest BCUT2D eigenvalue weighted by Crippen LogP contribution is -2.32. The predicted molar refractivity (Wildman–Crippen MR) is 67.7 cm³/mol. The molecule has 17 heavy (non-hydrogen) atoms. The van der Waals surface area contributed by atoms with Crippen molar-refractivity contribution in [1.29, 1.82) is 0 Å². The van der Waals surface area contributed by atoms with Gasteiger partial charge in [0.2, 0.25) is 0 Å². The average Bonchev–Trinajstić information content (AvgIpc) is 2.29. The normalized spacial score (nSPS) is 12.5. The van der Waals surface area contributed by atoms with E-state index >= 15 is 0 Å². The van der Waals surface area contributed by atoms with Gasteiger partial charge in [0.05, 0.1) is 0 Å². The van der Waals surface area contributed by atoms with Crippen molar-refractivity contribution in [3.63, 3.8) is 0 Å². The number of benzene rings is 2. The maximum Gasteiger partial charge on any atom is 0.320 e. The highest BCUT2D eigenvalue weighted by atomic mass is 16.4. The maximum absolute atomic E-state index is 10.7. The molecule has 4 heteroatoms. The Bertz CT molecular complexity index is 566. The first-order valence-corrected chi connectivity index (χ1v) is 5.33. The summed E-state index contributed by atoms with van der Waals surface area (Å²) in [6.07, 6.45) is 0.282. The third kappa shape index (κ3) is 2.37. The summed E-state index contributed by atoms with van der Waals surface area (Å²) in [7, 11) is 0. The van der Waals surface area contributed by atoms with E-state index in [1.54, 1.807) is 6.07 Å². The van der Waals surface area contributed by atoms with Crippen molar-refractivity contribution in [2.45, 2.75) is 12.5 Å². The molecule has 2 aromatic carbocycles. The highest BCUT2D eigenvalue weighted by Gasteiger charge is 2.12. The summed E-state index contributed by atoms with van der Waals surface area (Å²) in [6, 6.07) is 10.5. The molecule has 0 unspecified atom stereocenters. The van der Waals surface area contributed by atoms with E-state index in [4.69, 9.17) is 16.6 Å². The number of anilines is 1. The average molecular weight is 230 g/mol. The Morgan fingerprint density at radius 2 is 2.00 bits per heavy atom. The molecule has 0 aliphatic carbocycles. The zero-order valence-corrected chi connectivity index (χ0v) is 9.26. The molecule has 0 fully saturated rings. The summed E-state index contributed by atoms with van der Waals surface area (Å²) >= 11 is 0. The lowest BCUT2D eigenvalue weighted by Gasteiger charge is -2.09. The van der Waals surface area contributed by atoms with E-state index in [0.717, 1.165) is 16.3 Å². The molecular formula is C13H14N2O2. The summed E-state index contributed by atoms with van der Waals surface area (Å²) < 4.78 is 0. The molecule has 0 spiro atoms. The van der Waals surface area contributed by atoms with Crippen molar-refractivity contribution >= 4 is 22.4 Å². The summed E-state index contributed by atoms with van der Waals surface area (Å²) in [5.41, 5.74) is 12.9. The van der Waals surface area contributed by atoms with Crippen LogP contribution in [0.15, 0.2) is 36.4 Å². The van der Waals surface area contributed by atoms with Crippen molar-refractivity contribution in [3.8, 4) is 0 Å². The van der Waals surface area contributed by atoms with E-state index in [1.165, 1.54) is 0 Å². The molecule has 1 atom stereocenters. The molecule has 0 saturated heterocycles. The van der Waals surface area contributed by atoms with E-state index in [0.29, 0.717) is 5.69 Å². The maximum atomic E-state index is 10.7. The number of nitrogens with two attached hydrogens (primary N) is 2. The number of hydrogen-bond acceptors (Lipinski definition) is 3. The van der Waals surface area contributed by atoms with Gasteiger partial charge in [0.25, 0.3) is 0 Å². The summed E-state index contributed by atoms with van der Waals surface area (Å²) in [5, 5.41) is 10.7. The van der Waals surface area contributed by atoms with Gasteiger partial charge in [0.1, 0.15) is 6.04 Å². The molecule has 0 bridgehead atoms. The molecule has 2 rings (SSSR count). The monoisotopic (exact) mass is 230 g/mol. The number of nitrogen functional groups attached to an aromatic ring is 1. The third-order valence-corrected chi connectivity index (χ3v) is 2.73. The van der Waals surface area contributed by atoms with E-state index in [2.05, 4.69) is 0 Å². The van der Waals surface area contributed by atoms with Crippen LogP contribution < -0.4 is 11.5 Å². The van der Waals surface area contributed by atoms with Gasteiger partial charge in [0, 0.05) is 11.1 Å². The fraction of sp³-hybridized carbons (Fsp3) is 0.154. The van der Waals surface area contributed by atoms with Crippen LogP contribution in [0.4, 0.5) is 5.69 Å². The van der Waals surface area contributed by atoms with E-state index in [-0.39, 0.29) is 6.42 Å². The molecule has 0 aromatic heterocycles. The second-order valence-electron chi connectivity index (χ2n) is 4.06. The van der Waals surface area contributed by atoms with Crippen LogP contribution in [0, 0.1) is 0 Å². The van der Waals surface area contributed by atoms with Crippen molar-refractivity contribution < 1.29 is 9.90 Å². The lowest BCUT2D eigenvalue weighted by molar-refractivity contribution is -0.138. The van der Waals surface area contributed by atoms with Crippen LogP contribution in [-0.2, 0) is 11.2 Å². The topological polar surface area (TPSA) is 89.3 Å². The Labute approximate surface area is 98.8 Å². The predicted octanol–water partition coefficient (Wildman–Crippen LogP) is 1.38. The van der Waals surface area contributed by atoms with Crippen LogP contribution >= 0.6 is 0 Å². The Hall–Kier alpha value is -2.07. The standard InChI is InChI=1S/C13H14N2O2/c14-11-6-8(7-12(15)13(16)17)5-9-3-1-2-4-10(9)11/h1-6,12H,7,14-15H2,(H,16,17)/t12-/m1/s1. The number of carboxylic acid groups (broad SMARTS) is 1. The Morgan fingerprint density at radius 3 is 2.71 bits per heavy atom. The molecule has 2 aromatic rings. The van der Waals surface area contributed by atoms with Gasteiger partial charge in [-0.05, 0) is 23.4 Å². The van der Waals surface area contributed by atoms with Crippen LogP contribution in [0.3, 0.4) is 0 Å². The highest BCUT2D eigenvalue weighted by Crippen LogP contribution is 2.23. The second kappa shape index (κ2) is 4.43. The molecule has 0 aliphatic rings. The minimum absolute atomic E-state index is 0.282. The molecule has 5 N–H and O–H groups in total. The van der Waals surface area contributed by atoms with Crippen molar-refractivity contribution in [3.05, 3.63) is 42.0 Å². The van der Waals surface area contributed by atoms with Crippen LogP contribution in [0.2, 0.25) is 0 Å². The summed E-state index contributed by atoms with van der Waals surface area (Å²) in [4.78, 5) is 10.7. The number of fused-ring (bicyclic) bond motifs is 1. The van der Waals surface area contributed by atoms with Gasteiger partial charge in [-0.2, -0.15) is 0 Å². The SMILES string of the molecule is Nc1cc(C[C@@H](N)C(=O)O)cc2ccccc12. The van der Waals surface area contributed by atoms with Gasteiger partial charge in [0.15, 0.2) is 0 Å². The van der Waals surface area contributed by atoms with E-state index in [1.807, 2.05) is 30.3 Å². The number of rotatable bonds is 3. The Morgan fingerprint density at radius 1 is 1.29 bits per heavy atom. The Kier molecular flexibility index (Phi) is 2.97.